The summed E-state index contributed by atoms with van der Waals surface area (Å²) in [7, 11) is 0. The van der Waals surface area contributed by atoms with Crippen molar-refractivity contribution >= 4 is 17.1 Å². The lowest BCUT2D eigenvalue weighted by atomic mass is 10.00. The molecule has 0 radical (unpaired) electrons. The smallest absolute Gasteiger partial charge is 0.364 e. The van der Waals surface area contributed by atoms with Gasteiger partial charge in [-0.25, -0.2) is 9.78 Å². The molecule has 13 heteroatoms. The second-order valence-electron chi connectivity index (χ2n) is 8.93. The number of rotatable bonds is 7. The number of nitrogens with one attached hydrogen (secondary N) is 2. The van der Waals surface area contributed by atoms with Crippen LogP contribution in [0.3, 0.4) is 0 Å². The zero-order valence-corrected chi connectivity index (χ0v) is 18.4. The monoisotopic (exact) mass is 493 g/mol. The van der Waals surface area contributed by atoms with Crippen molar-refractivity contribution < 1.29 is 35.9 Å². The largest absolute Gasteiger partial charge is 0.414 e. The molecule has 2 heterocycles. The van der Waals surface area contributed by atoms with E-state index in [0.717, 1.165) is 19.8 Å². The molecule has 1 saturated heterocycles. The van der Waals surface area contributed by atoms with E-state index in [9.17, 15) is 31.1 Å². The van der Waals surface area contributed by atoms with Gasteiger partial charge in [0.05, 0.1) is 35.8 Å². The zero-order valence-electron chi connectivity index (χ0n) is 18.4. The predicted octanol–water partition coefficient (Wildman–Crippen LogP) is 4.33. The molecule has 1 aromatic heterocycles. The van der Waals surface area contributed by atoms with Crippen molar-refractivity contribution in [2.45, 2.75) is 69.4 Å². The number of halogens is 6. The van der Waals surface area contributed by atoms with E-state index in [0.29, 0.717) is 16.6 Å². The number of H-pyrrole nitrogens is 1. The molecular formula is C21H25F6N5O2. The van der Waals surface area contributed by atoms with Gasteiger partial charge < -0.3 is 25.7 Å². The van der Waals surface area contributed by atoms with E-state index in [4.69, 9.17) is 10.5 Å². The number of fused-ring (bicyclic) bond motifs is 1. The highest BCUT2D eigenvalue weighted by molar-refractivity contribution is 5.79. The summed E-state index contributed by atoms with van der Waals surface area (Å²) in [5, 5.41) is 2.00. The van der Waals surface area contributed by atoms with E-state index in [2.05, 4.69) is 9.97 Å². The SMILES string of the molecule is C[C@H](O[C@H](C)[C@H](N)c1nc2cc([C@@H](C3CC3)N3C[C@@H](C(F)(F)F)NC3=O)ccc2[nH]1)C(F)(F)F. The van der Waals surface area contributed by atoms with Gasteiger partial charge in [0.1, 0.15) is 11.9 Å². The van der Waals surface area contributed by atoms with Gasteiger partial charge in [0.2, 0.25) is 0 Å². The predicted molar refractivity (Wildman–Crippen MR) is 110 cm³/mol. The van der Waals surface area contributed by atoms with Gasteiger partial charge in [0, 0.05) is 0 Å². The van der Waals surface area contributed by atoms with E-state index in [1.54, 1.807) is 18.2 Å². The number of benzene rings is 1. The second kappa shape index (κ2) is 8.59. The summed E-state index contributed by atoms with van der Waals surface area (Å²) >= 11 is 0. The molecule has 5 atom stereocenters. The molecule has 4 N–H and O–H groups in total. The second-order valence-corrected chi connectivity index (χ2v) is 8.93. The first-order valence-electron chi connectivity index (χ1n) is 10.9. The molecule has 2 amide bonds. The third-order valence-corrected chi connectivity index (χ3v) is 6.31. The number of carbonyl (C=O) groups excluding carboxylic acids is 1. The van der Waals surface area contributed by atoms with Crippen LogP contribution < -0.4 is 11.1 Å². The summed E-state index contributed by atoms with van der Waals surface area (Å²) in [4.78, 5) is 20.9. The molecule has 7 nitrogen and oxygen atoms in total. The van der Waals surface area contributed by atoms with Crippen molar-refractivity contribution in [3.05, 3.63) is 29.6 Å². The Bertz CT molecular complexity index is 1050. The fraction of sp³-hybridized carbons (Fsp3) is 0.619. The third kappa shape index (κ3) is 4.95. The van der Waals surface area contributed by atoms with Crippen LogP contribution in [0.5, 0.6) is 0 Å². The molecule has 1 saturated carbocycles. The van der Waals surface area contributed by atoms with E-state index in [-0.39, 0.29) is 11.7 Å². The number of amides is 2. The summed E-state index contributed by atoms with van der Waals surface area (Å²) in [6.45, 7) is 1.83. The van der Waals surface area contributed by atoms with Gasteiger partial charge in [-0.15, -0.1) is 0 Å². The average Bonchev–Trinajstić information content (AvgIpc) is 3.34. The van der Waals surface area contributed by atoms with Crippen LogP contribution in [-0.4, -0.2) is 58.0 Å². The molecule has 0 bridgehead atoms. The number of aromatic amines is 1. The van der Waals surface area contributed by atoms with Crippen molar-refractivity contribution in [2.75, 3.05) is 6.54 Å². The van der Waals surface area contributed by atoms with Gasteiger partial charge in [-0.1, -0.05) is 6.07 Å². The van der Waals surface area contributed by atoms with E-state index in [1.165, 1.54) is 11.8 Å². The quantitative estimate of drug-likeness (QED) is 0.501. The number of hydrogen-bond acceptors (Lipinski definition) is 4. The van der Waals surface area contributed by atoms with Crippen LogP contribution in [-0.2, 0) is 4.74 Å². The summed E-state index contributed by atoms with van der Waals surface area (Å²) < 4.78 is 82.8. The molecule has 1 aliphatic carbocycles. The van der Waals surface area contributed by atoms with E-state index in [1.807, 2.05) is 5.32 Å². The fourth-order valence-corrected chi connectivity index (χ4v) is 4.19. The lowest BCUT2D eigenvalue weighted by Gasteiger charge is -2.27. The molecule has 4 rings (SSSR count). The normalized spacial score (nSPS) is 23.1. The molecule has 2 aromatic rings. The number of nitrogens with two attached hydrogens (primary N) is 1. The Labute approximate surface area is 191 Å². The Kier molecular flexibility index (Phi) is 6.21. The van der Waals surface area contributed by atoms with Gasteiger partial charge in [0.25, 0.3) is 0 Å². The number of hydrogen-bond donors (Lipinski definition) is 3. The first-order chi connectivity index (χ1) is 15.8. The van der Waals surface area contributed by atoms with Crippen LogP contribution in [0.1, 0.15) is 50.2 Å². The summed E-state index contributed by atoms with van der Waals surface area (Å²) in [5.41, 5.74) is 7.70. The number of imidazole rings is 1. The number of nitrogens with zero attached hydrogens (tertiary/aromatic N) is 2. The fourth-order valence-electron chi connectivity index (χ4n) is 4.19. The Hall–Kier alpha value is -2.54. The number of carbonyl (C=O) groups is 1. The maximum atomic E-state index is 13.1. The highest BCUT2D eigenvalue weighted by atomic mass is 19.4. The molecule has 0 spiro atoms. The first kappa shape index (κ1) is 24.6. The number of aromatic nitrogens is 2. The number of alkyl halides is 6. The topological polar surface area (TPSA) is 96.3 Å². The molecule has 2 aliphatic rings. The molecular weight excluding hydrogens is 468 g/mol. The van der Waals surface area contributed by atoms with Crippen molar-refractivity contribution in [3.63, 3.8) is 0 Å². The molecule has 1 aliphatic heterocycles. The minimum Gasteiger partial charge on any atom is -0.364 e. The average molecular weight is 493 g/mol. The number of urea groups is 1. The third-order valence-electron chi connectivity index (χ3n) is 6.31. The highest BCUT2D eigenvalue weighted by Gasteiger charge is 2.50. The standard InChI is InChI=1S/C21H25F6N5O2/c1-9(34-10(2)20(22,23)24)16(28)18-29-13-6-5-12(7-14(13)30-18)17(11-3-4-11)32-8-15(21(25,26)27)31-19(32)33/h5-7,9-11,15-17H,3-4,8,28H2,1-2H3,(H,29,30)(H,31,33)/t9-,10+,15+,16+,17-/m1/s1. The highest BCUT2D eigenvalue weighted by Crippen LogP contribution is 2.46. The zero-order chi connectivity index (χ0) is 25.0. The maximum absolute atomic E-state index is 13.1. The summed E-state index contributed by atoms with van der Waals surface area (Å²) in [5.74, 6) is 0.251. The molecule has 188 valence electrons. The van der Waals surface area contributed by atoms with Crippen molar-refractivity contribution in [1.29, 1.82) is 0 Å². The molecule has 0 unspecified atom stereocenters. The van der Waals surface area contributed by atoms with Crippen LogP contribution in [0.25, 0.3) is 11.0 Å². The van der Waals surface area contributed by atoms with Crippen LogP contribution in [0.4, 0.5) is 31.1 Å². The van der Waals surface area contributed by atoms with Crippen molar-refractivity contribution in [1.82, 2.24) is 20.2 Å². The Balaban J connectivity index is 1.56. The molecule has 1 aromatic carbocycles. The lowest BCUT2D eigenvalue weighted by molar-refractivity contribution is -0.227. The van der Waals surface area contributed by atoms with Gasteiger partial charge in [-0.3, -0.25) is 0 Å². The minimum atomic E-state index is -4.54. The first-order valence-corrected chi connectivity index (χ1v) is 10.9. The van der Waals surface area contributed by atoms with E-state index >= 15 is 0 Å². The van der Waals surface area contributed by atoms with Gasteiger partial charge in [-0.05, 0) is 50.3 Å². The van der Waals surface area contributed by atoms with Gasteiger partial charge >= 0.3 is 18.4 Å². The van der Waals surface area contributed by atoms with Crippen molar-refractivity contribution in [2.24, 2.45) is 11.7 Å². The van der Waals surface area contributed by atoms with Gasteiger partial charge in [0.15, 0.2) is 6.10 Å². The van der Waals surface area contributed by atoms with Crippen LogP contribution in [0.15, 0.2) is 18.2 Å². The Morgan fingerprint density at radius 3 is 2.41 bits per heavy atom. The molecule has 2 fully saturated rings. The minimum absolute atomic E-state index is 0.0353. The van der Waals surface area contributed by atoms with Crippen molar-refractivity contribution in [3.8, 4) is 0 Å². The summed E-state index contributed by atoms with van der Waals surface area (Å²) in [6.07, 6.45) is -10.5. The maximum Gasteiger partial charge on any atom is 0.414 e. The van der Waals surface area contributed by atoms with Gasteiger partial charge in [-0.2, -0.15) is 26.3 Å². The molecule has 34 heavy (non-hydrogen) atoms. The number of ether oxygens (including phenoxy) is 1. The lowest BCUT2D eigenvalue weighted by Crippen LogP contribution is -2.40. The Morgan fingerprint density at radius 2 is 1.85 bits per heavy atom. The van der Waals surface area contributed by atoms with Crippen LogP contribution in [0.2, 0.25) is 0 Å². The van der Waals surface area contributed by atoms with E-state index < -0.39 is 55.3 Å². The van der Waals surface area contributed by atoms with Crippen LogP contribution >= 0.6 is 0 Å². The Morgan fingerprint density at radius 1 is 1.18 bits per heavy atom. The van der Waals surface area contributed by atoms with Crippen LogP contribution in [0, 0.1) is 5.92 Å². The summed E-state index contributed by atoms with van der Waals surface area (Å²) in [6, 6.07) is 0.830.